The molecule has 1 aliphatic rings. The standard InChI is InChI=1S/C22H23NO3/c1-14-9-10-20-18(12-14)15(2)21(26-20)22(24)23-11-5-8-19(23)16-6-4-7-17(13-16)25-3/h4,6-7,9-10,12-13,19H,5,8,11H2,1-3H3/t19-/m1/s1. The number of furan rings is 1. The zero-order valence-electron chi connectivity index (χ0n) is 15.4. The van der Waals surface area contributed by atoms with Crippen molar-refractivity contribution in [1.82, 2.24) is 4.90 Å². The van der Waals surface area contributed by atoms with Crippen molar-refractivity contribution < 1.29 is 13.9 Å². The Balaban J connectivity index is 1.70. The molecule has 1 fully saturated rings. The number of hydrogen-bond donors (Lipinski definition) is 0. The van der Waals surface area contributed by atoms with Gasteiger partial charge in [0.15, 0.2) is 5.76 Å². The number of carbonyl (C=O) groups is 1. The molecule has 4 rings (SSSR count). The van der Waals surface area contributed by atoms with Crippen LogP contribution >= 0.6 is 0 Å². The van der Waals surface area contributed by atoms with Crippen LogP contribution in [0.25, 0.3) is 11.0 Å². The number of likely N-dealkylation sites (tertiary alicyclic amines) is 1. The number of nitrogens with zero attached hydrogens (tertiary/aromatic N) is 1. The highest BCUT2D eigenvalue weighted by Gasteiger charge is 2.33. The Hall–Kier alpha value is -2.75. The maximum absolute atomic E-state index is 13.3. The summed E-state index contributed by atoms with van der Waals surface area (Å²) in [6.45, 7) is 4.76. The van der Waals surface area contributed by atoms with Gasteiger partial charge in [0.2, 0.25) is 0 Å². The highest BCUT2D eigenvalue weighted by molar-refractivity contribution is 5.99. The first kappa shape index (κ1) is 16.7. The van der Waals surface area contributed by atoms with Crippen LogP contribution in [0.4, 0.5) is 0 Å². The quantitative estimate of drug-likeness (QED) is 0.665. The molecule has 2 heterocycles. The van der Waals surface area contributed by atoms with Gasteiger partial charge in [0.05, 0.1) is 13.2 Å². The van der Waals surface area contributed by atoms with Gasteiger partial charge in [-0.25, -0.2) is 0 Å². The van der Waals surface area contributed by atoms with Gasteiger partial charge >= 0.3 is 0 Å². The minimum atomic E-state index is -0.0262. The second kappa shape index (κ2) is 6.52. The van der Waals surface area contributed by atoms with Crippen LogP contribution in [0.5, 0.6) is 5.75 Å². The van der Waals surface area contributed by atoms with E-state index in [1.807, 2.05) is 49.1 Å². The molecule has 0 bridgehead atoms. The molecule has 2 aromatic carbocycles. The lowest BCUT2D eigenvalue weighted by atomic mass is 10.0. The normalized spacial score (nSPS) is 17.0. The molecule has 0 radical (unpaired) electrons. The van der Waals surface area contributed by atoms with Gasteiger partial charge in [-0.2, -0.15) is 0 Å². The molecular weight excluding hydrogens is 326 g/mol. The van der Waals surface area contributed by atoms with Crippen molar-refractivity contribution >= 4 is 16.9 Å². The van der Waals surface area contributed by atoms with Gasteiger partial charge in [-0.05, 0) is 56.5 Å². The number of methoxy groups -OCH3 is 1. The molecule has 4 heteroatoms. The average Bonchev–Trinajstić information content (AvgIpc) is 3.27. The fraction of sp³-hybridized carbons (Fsp3) is 0.318. The van der Waals surface area contributed by atoms with Crippen LogP contribution in [0.3, 0.4) is 0 Å². The lowest BCUT2D eigenvalue weighted by molar-refractivity contribution is 0.0704. The summed E-state index contributed by atoms with van der Waals surface area (Å²) in [6.07, 6.45) is 1.95. The molecule has 0 N–H and O–H groups in total. The Morgan fingerprint density at radius 3 is 2.85 bits per heavy atom. The van der Waals surface area contributed by atoms with Crippen molar-refractivity contribution in [3.63, 3.8) is 0 Å². The van der Waals surface area contributed by atoms with Crippen LogP contribution in [0, 0.1) is 13.8 Å². The van der Waals surface area contributed by atoms with Crippen molar-refractivity contribution in [3.8, 4) is 5.75 Å². The number of hydrogen-bond acceptors (Lipinski definition) is 3. The Morgan fingerprint density at radius 1 is 1.19 bits per heavy atom. The smallest absolute Gasteiger partial charge is 0.290 e. The van der Waals surface area contributed by atoms with Crippen LogP contribution in [0.15, 0.2) is 46.9 Å². The van der Waals surface area contributed by atoms with E-state index in [0.29, 0.717) is 5.76 Å². The van der Waals surface area contributed by atoms with Crippen LogP contribution in [-0.2, 0) is 0 Å². The summed E-state index contributed by atoms with van der Waals surface area (Å²) in [7, 11) is 1.66. The highest BCUT2D eigenvalue weighted by Crippen LogP contribution is 2.36. The van der Waals surface area contributed by atoms with Crippen molar-refractivity contribution in [2.45, 2.75) is 32.7 Å². The molecule has 1 saturated heterocycles. The van der Waals surface area contributed by atoms with Gasteiger partial charge in [0, 0.05) is 17.5 Å². The number of ether oxygens (including phenoxy) is 1. The molecule has 4 nitrogen and oxygen atoms in total. The predicted octanol–water partition coefficient (Wildman–Crippen LogP) is 5.04. The van der Waals surface area contributed by atoms with E-state index in [1.165, 1.54) is 0 Å². The SMILES string of the molecule is COc1cccc([C@H]2CCCN2C(=O)c2oc3ccc(C)cc3c2C)c1. The van der Waals surface area contributed by atoms with Crippen LogP contribution < -0.4 is 4.74 Å². The molecule has 1 atom stereocenters. The van der Waals surface area contributed by atoms with Gasteiger partial charge in [-0.1, -0.05) is 23.8 Å². The average molecular weight is 349 g/mol. The molecule has 1 aliphatic heterocycles. The van der Waals surface area contributed by atoms with Crippen LogP contribution in [0.1, 0.15) is 46.1 Å². The fourth-order valence-electron chi connectivity index (χ4n) is 3.87. The first-order chi connectivity index (χ1) is 12.6. The van der Waals surface area contributed by atoms with Crippen molar-refractivity contribution in [1.29, 1.82) is 0 Å². The second-order valence-corrected chi connectivity index (χ2v) is 6.99. The highest BCUT2D eigenvalue weighted by atomic mass is 16.5. The second-order valence-electron chi connectivity index (χ2n) is 6.99. The molecule has 1 amide bonds. The topological polar surface area (TPSA) is 42.7 Å². The zero-order chi connectivity index (χ0) is 18.3. The van der Waals surface area contributed by atoms with Gasteiger partial charge in [0.25, 0.3) is 5.91 Å². The monoisotopic (exact) mass is 349 g/mol. The number of rotatable bonds is 3. The third-order valence-electron chi connectivity index (χ3n) is 5.28. The fourth-order valence-corrected chi connectivity index (χ4v) is 3.87. The lowest BCUT2D eigenvalue weighted by Crippen LogP contribution is -2.30. The summed E-state index contributed by atoms with van der Waals surface area (Å²) in [4.78, 5) is 15.2. The summed E-state index contributed by atoms with van der Waals surface area (Å²) in [5, 5.41) is 1.02. The molecule has 3 aromatic rings. The van der Waals surface area contributed by atoms with Crippen molar-refractivity contribution in [2.75, 3.05) is 13.7 Å². The lowest BCUT2D eigenvalue weighted by Gasteiger charge is -2.24. The Bertz CT molecular complexity index is 973. The first-order valence-corrected chi connectivity index (χ1v) is 9.03. The molecule has 26 heavy (non-hydrogen) atoms. The van der Waals surface area contributed by atoms with Crippen LogP contribution in [0.2, 0.25) is 0 Å². The minimum Gasteiger partial charge on any atom is -0.497 e. The van der Waals surface area contributed by atoms with E-state index in [1.54, 1.807) is 7.11 Å². The Morgan fingerprint density at radius 2 is 2.04 bits per heavy atom. The van der Waals surface area contributed by atoms with E-state index >= 15 is 0 Å². The number of benzene rings is 2. The van der Waals surface area contributed by atoms with Crippen LogP contribution in [-0.4, -0.2) is 24.5 Å². The summed E-state index contributed by atoms with van der Waals surface area (Å²) < 4.78 is 11.3. The molecule has 0 spiro atoms. The first-order valence-electron chi connectivity index (χ1n) is 9.03. The minimum absolute atomic E-state index is 0.0262. The third kappa shape index (κ3) is 2.75. The summed E-state index contributed by atoms with van der Waals surface area (Å²) in [6, 6.07) is 14.1. The van der Waals surface area contributed by atoms with Gasteiger partial charge in [0.1, 0.15) is 11.3 Å². The van der Waals surface area contributed by atoms with Crippen molar-refractivity contribution in [3.05, 3.63) is 64.9 Å². The van der Waals surface area contributed by atoms with E-state index < -0.39 is 0 Å². The van der Waals surface area contributed by atoms with E-state index in [2.05, 4.69) is 12.1 Å². The predicted molar refractivity (Wildman–Crippen MR) is 102 cm³/mol. The summed E-state index contributed by atoms with van der Waals surface area (Å²) in [5.41, 5.74) is 3.97. The van der Waals surface area contributed by atoms with E-state index in [9.17, 15) is 4.79 Å². The number of aryl methyl sites for hydroxylation is 2. The summed E-state index contributed by atoms with van der Waals surface area (Å²) in [5.74, 6) is 1.25. The molecule has 0 unspecified atom stereocenters. The van der Waals surface area contributed by atoms with E-state index in [4.69, 9.17) is 9.15 Å². The molecule has 0 aliphatic carbocycles. The Labute approximate surface area is 153 Å². The summed E-state index contributed by atoms with van der Waals surface area (Å²) >= 11 is 0. The maximum atomic E-state index is 13.3. The molecule has 0 saturated carbocycles. The van der Waals surface area contributed by atoms with Crippen molar-refractivity contribution in [2.24, 2.45) is 0 Å². The number of amides is 1. The van der Waals surface area contributed by atoms with E-state index in [-0.39, 0.29) is 11.9 Å². The maximum Gasteiger partial charge on any atom is 0.290 e. The third-order valence-corrected chi connectivity index (χ3v) is 5.28. The molecule has 134 valence electrons. The largest absolute Gasteiger partial charge is 0.497 e. The molecular formula is C22H23NO3. The number of carbonyl (C=O) groups excluding carboxylic acids is 1. The zero-order valence-corrected chi connectivity index (χ0v) is 15.4. The van der Waals surface area contributed by atoms with Gasteiger partial charge in [-0.3, -0.25) is 4.79 Å². The van der Waals surface area contributed by atoms with E-state index in [0.717, 1.165) is 52.8 Å². The Kier molecular flexibility index (Phi) is 4.19. The van der Waals surface area contributed by atoms with Gasteiger partial charge < -0.3 is 14.1 Å². The molecule has 1 aromatic heterocycles. The van der Waals surface area contributed by atoms with Gasteiger partial charge in [-0.15, -0.1) is 0 Å². The number of fused-ring (bicyclic) bond motifs is 1.